The van der Waals surface area contributed by atoms with Crippen LogP contribution < -0.4 is 10.2 Å². The van der Waals surface area contributed by atoms with Gasteiger partial charge in [-0.05, 0) is 30.7 Å². The molecule has 3 rings (SSSR count). The fourth-order valence-electron chi connectivity index (χ4n) is 2.82. The molecule has 138 valence electrons. The summed E-state index contributed by atoms with van der Waals surface area (Å²) in [4.78, 5) is 18.1. The molecule has 0 saturated carbocycles. The van der Waals surface area contributed by atoms with E-state index in [1.807, 2.05) is 0 Å². The minimum absolute atomic E-state index is 0.0716. The molecule has 1 aliphatic rings. The molecule has 1 aromatic carbocycles. The van der Waals surface area contributed by atoms with Gasteiger partial charge in [0.25, 0.3) is 5.91 Å². The van der Waals surface area contributed by atoms with Gasteiger partial charge < -0.3 is 10.2 Å². The van der Waals surface area contributed by atoms with Crippen LogP contribution in [0.4, 0.5) is 20.2 Å². The van der Waals surface area contributed by atoms with Crippen molar-refractivity contribution in [3.8, 4) is 0 Å². The van der Waals surface area contributed by atoms with Gasteiger partial charge in [-0.2, -0.15) is 0 Å². The first-order valence-corrected chi connectivity index (χ1v) is 9.73. The van der Waals surface area contributed by atoms with Crippen LogP contribution in [0.5, 0.6) is 0 Å². The summed E-state index contributed by atoms with van der Waals surface area (Å²) >= 11 is 0. The van der Waals surface area contributed by atoms with Crippen molar-refractivity contribution < 1.29 is 22.0 Å². The first-order valence-electron chi connectivity index (χ1n) is 7.91. The number of hydrogen-bond donors (Lipinski definition) is 1. The largest absolute Gasteiger partial charge is 0.370 e. The molecule has 1 aliphatic heterocycles. The van der Waals surface area contributed by atoms with Gasteiger partial charge in [0.05, 0.1) is 11.5 Å². The highest BCUT2D eigenvalue weighted by atomic mass is 32.2. The molecule has 1 fully saturated rings. The highest BCUT2D eigenvalue weighted by Gasteiger charge is 2.31. The Hall–Kier alpha value is -2.55. The van der Waals surface area contributed by atoms with Crippen molar-refractivity contribution in [3.05, 3.63) is 53.9 Å². The van der Waals surface area contributed by atoms with E-state index in [0.29, 0.717) is 12.1 Å². The minimum atomic E-state index is -3.03. The van der Waals surface area contributed by atoms with E-state index in [1.165, 1.54) is 18.3 Å². The second kappa shape index (κ2) is 6.99. The van der Waals surface area contributed by atoms with Gasteiger partial charge in [-0.1, -0.05) is 0 Å². The lowest BCUT2D eigenvalue weighted by atomic mass is 10.2. The Morgan fingerprint density at radius 1 is 1.23 bits per heavy atom. The van der Waals surface area contributed by atoms with Crippen LogP contribution in [0, 0.1) is 11.6 Å². The number of aromatic nitrogens is 1. The van der Waals surface area contributed by atoms with E-state index in [-0.39, 0.29) is 28.9 Å². The third kappa shape index (κ3) is 3.98. The van der Waals surface area contributed by atoms with Gasteiger partial charge in [-0.3, -0.25) is 9.78 Å². The van der Waals surface area contributed by atoms with Gasteiger partial charge in [0.15, 0.2) is 21.5 Å². The number of carbonyl (C=O) groups excluding carboxylic acids is 1. The minimum Gasteiger partial charge on any atom is -0.370 e. The summed E-state index contributed by atoms with van der Waals surface area (Å²) in [7, 11) is -1.26. The molecule has 2 heterocycles. The lowest BCUT2D eigenvalue weighted by Gasteiger charge is -2.25. The zero-order valence-corrected chi connectivity index (χ0v) is 14.8. The molecule has 1 atom stereocenters. The Balaban J connectivity index is 1.76. The summed E-state index contributed by atoms with van der Waals surface area (Å²) in [6.07, 6.45) is 1.97. The Kier molecular flexibility index (Phi) is 4.90. The van der Waals surface area contributed by atoms with Crippen molar-refractivity contribution in [2.75, 3.05) is 28.8 Å². The molecule has 0 aliphatic carbocycles. The molecule has 1 saturated heterocycles. The topological polar surface area (TPSA) is 79.4 Å². The normalized spacial score (nSPS) is 18.5. The van der Waals surface area contributed by atoms with Crippen LogP contribution in [0.1, 0.15) is 16.9 Å². The fourth-order valence-corrected chi connectivity index (χ4v) is 4.60. The zero-order valence-electron chi connectivity index (χ0n) is 13.9. The van der Waals surface area contributed by atoms with Crippen LogP contribution in [-0.4, -0.2) is 43.9 Å². The average Bonchev–Trinajstić information content (AvgIpc) is 2.97. The van der Waals surface area contributed by atoms with Gasteiger partial charge in [0.2, 0.25) is 0 Å². The van der Waals surface area contributed by atoms with E-state index in [2.05, 4.69) is 10.3 Å². The van der Waals surface area contributed by atoms with Gasteiger partial charge >= 0.3 is 0 Å². The van der Waals surface area contributed by atoms with Crippen LogP contribution in [0.3, 0.4) is 0 Å². The molecule has 1 unspecified atom stereocenters. The van der Waals surface area contributed by atoms with Crippen molar-refractivity contribution in [2.24, 2.45) is 0 Å². The summed E-state index contributed by atoms with van der Waals surface area (Å²) in [6, 6.07) is 6.09. The second-order valence-corrected chi connectivity index (χ2v) is 8.38. The lowest BCUT2D eigenvalue weighted by molar-refractivity contribution is 0.102. The third-order valence-corrected chi connectivity index (χ3v) is 6.07. The molecule has 2 aromatic rings. The predicted octanol–water partition coefficient (Wildman–Crippen LogP) is 2.24. The number of pyridine rings is 1. The highest BCUT2D eigenvalue weighted by molar-refractivity contribution is 7.91. The SMILES string of the molecule is CN(c1ccnc(C(=O)Nc2ccc(F)c(F)c2)c1)C1CCS(=O)(=O)C1. The number of rotatable bonds is 4. The molecule has 0 radical (unpaired) electrons. The number of nitrogens with one attached hydrogen (secondary N) is 1. The number of sulfone groups is 1. The van der Waals surface area contributed by atoms with Gasteiger partial charge in [0, 0.05) is 36.7 Å². The zero-order chi connectivity index (χ0) is 18.9. The average molecular weight is 381 g/mol. The molecule has 1 amide bonds. The van der Waals surface area contributed by atoms with Crippen LogP contribution in [0.15, 0.2) is 36.5 Å². The van der Waals surface area contributed by atoms with E-state index >= 15 is 0 Å². The monoisotopic (exact) mass is 381 g/mol. The Morgan fingerprint density at radius 2 is 2.00 bits per heavy atom. The van der Waals surface area contributed by atoms with Crippen molar-refractivity contribution in [1.29, 1.82) is 0 Å². The fraction of sp³-hybridized carbons (Fsp3) is 0.294. The summed E-state index contributed by atoms with van der Waals surface area (Å²) in [5, 5.41) is 2.45. The molecule has 26 heavy (non-hydrogen) atoms. The molecule has 9 heteroatoms. The van der Waals surface area contributed by atoms with Crippen molar-refractivity contribution in [2.45, 2.75) is 12.5 Å². The van der Waals surface area contributed by atoms with Crippen molar-refractivity contribution in [3.63, 3.8) is 0 Å². The first-order chi connectivity index (χ1) is 12.2. The van der Waals surface area contributed by atoms with Crippen molar-refractivity contribution >= 4 is 27.1 Å². The summed E-state index contributed by atoms with van der Waals surface area (Å²) in [5.74, 6) is -2.42. The number of amides is 1. The summed E-state index contributed by atoms with van der Waals surface area (Å²) in [5.41, 5.74) is 0.841. The number of hydrogen-bond acceptors (Lipinski definition) is 5. The van der Waals surface area contributed by atoms with E-state index in [9.17, 15) is 22.0 Å². The number of benzene rings is 1. The third-order valence-electron chi connectivity index (χ3n) is 4.32. The van der Waals surface area contributed by atoms with Crippen LogP contribution >= 0.6 is 0 Å². The number of anilines is 2. The molecular weight excluding hydrogens is 364 g/mol. The van der Waals surface area contributed by atoms with Gasteiger partial charge in [0.1, 0.15) is 5.69 Å². The maximum Gasteiger partial charge on any atom is 0.274 e. The van der Waals surface area contributed by atoms with Crippen LogP contribution in [0.25, 0.3) is 0 Å². The Labute approximate surface area is 149 Å². The predicted molar refractivity (Wildman–Crippen MR) is 94.0 cm³/mol. The molecule has 6 nitrogen and oxygen atoms in total. The Bertz CT molecular complexity index is 950. The Morgan fingerprint density at radius 3 is 2.65 bits per heavy atom. The molecular formula is C17H17F2N3O3S. The van der Waals surface area contributed by atoms with Crippen LogP contribution in [0.2, 0.25) is 0 Å². The standard InChI is InChI=1S/C17H17F2N3O3S/c1-22(13-5-7-26(24,25)10-13)12-4-6-20-16(9-12)17(23)21-11-2-3-14(18)15(19)8-11/h2-4,6,8-9,13H,5,7,10H2,1H3,(H,21,23). The van der Waals surface area contributed by atoms with E-state index in [1.54, 1.807) is 18.0 Å². The van der Waals surface area contributed by atoms with E-state index in [0.717, 1.165) is 12.1 Å². The number of carbonyl (C=O) groups is 1. The highest BCUT2D eigenvalue weighted by Crippen LogP contribution is 2.23. The summed E-state index contributed by atoms with van der Waals surface area (Å²) in [6.45, 7) is 0. The lowest BCUT2D eigenvalue weighted by Crippen LogP contribution is -2.32. The van der Waals surface area contributed by atoms with E-state index < -0.39 is 27.4 Å². The summed E-state index contributed by atoms with van der Waals surface area (Å²) < 4.78 is 49.5. The first kappa shape index (κ1) is 18.2. The quantitative estimate of drug-likeness (QED) is 0.879. The molecule has 0 spiro atoms. The number of nitrogens with zero attached hydrogens (tertiary/aromatic N) is 2. The van der Waals surface area contributed by atoms with Gasteiger partial charge in [-0.25, -0.2) is 17.2 Å². The van der Waals surface area contributed by atoms with Crippen molar-refractivity contribution in [1.82, 2.24) is 4.98 Å². The number of halogens is 2. The van der Waals surface area contributed by atoms with Gasteiger partial charge in [-0.15, -0.1) is 0 Å². The molecule has 1 N–H and O–H groups in total. The maximum atomic E-state index is 13.2. The molecule has 1 aromatic heterocycles. The maximum absolute atomic E-state index is 13.2. The second-order valence-electron chi connectivity index (χ2n) is 6.15. The smallest absolute Gasteiger partial charge is 0.274 e. The van der Waals surface area contributed by atoms with Crippen LogP contribution in [-0.2, 0) is 9.84 Å². The van der Waals surface area contributed by atoms with E-state index in [4.69, 9.17) is 0 Å². The molecule has 0 bridgehead atoms.